The van der Waals surface area contributed by atoms with Crippen LogP contribution >= 0.6 is 0 Å². The molecule has 1 aliphatic heterocycles. The molecular formula is C26H31N7O4S. The molecule has 0 spiro atoms. The van der Waals surface area contributed by atoms with E-state index in [4.69, 9.17) is 4.74 Å². The number of hydrogen-bond acceptors (Lipinski definition) is 9. The molecule has 0 radical (unpaired) electrons. The molecule has 2 N–H and O–H groups in total. The Labute approximate surface area is 222 Å². The van der Waals surface area contributed by atoms with E-state index in [0.29, 0.717) is 17.8 Å². The lowest BCUT2D eigenvalue weighted by molar-refractivity contribution is 0.102. The topological polar surface area (TPSA) is 138 Å². The first kappa shape index (κ1) is 27.0. The van der Waals surface area contributed by atoms with Crippen LogP contribution in [0.4, 0.5) is 17.1 Å². The molecular weight excluding hydrogens is 506 g/mol. The predicted octanol–water partition coefficient (Wildman–Crippen LogP) is 4.64. The van der Waals surface area contributed by atoms with Gasteiger partial charge in [0, 0.05) is 23.5 Å². The zero-order valence-corrected chi connectivity index (χ0v) is 23.0. The maximum absolute atomic E-state index is 13.4. The molecule has 1 unspecified atom stereocenters. The maximum Gasteiger partial charge on any atom is 0.255 e. The van der Waals surface area contributed by atoms with Crippen LogP contribution in [0.3, 0.4) is 0 Å². The Hall–Kier alpha value is -4.06. The van der Waals surface area contributed by atoms with Gasteiger partial charge in [-0.05, 0) is 47.7 Å². The number of hydrogen-bond donors (Lipinski definition) is 2. The molecule has 1 atom stereocenters. The van der Waals surface area contributed by atoms with Crippen molar-refractivity contribution in [2.75, 3.05) is 35.0 Å². The number of benzene rings is 2. The Morgan fingerprint density at radius 3 is 2.42 bits per heavy atom. The quantitative estimate of drug-likeness (QED) is 0.448. The molecule has 0 saturated heterocycles. The zero-order chi connectivity index (χ0) is 27.7. The Morgan fingerprint density at radius 2 is 1.79 bits per heavy atom. The Balaban J connectivity index is 1.64. The number of carbonyl (C=O) groups excluding carboxylic acids is 1. The van der Waals surface area contributed by atoms with Crippen molar-refractivity contribution in [3.05, 3.63) is 71.3 Å². The van der Waals surface area contributed by atoms with Crippen LogP contribution in [0.1, 0.15) is 53.9 Å². The minimum atomic E-state index is -3.59. The Bertz CT molecular complexity index is 1490. The molecule has 0 bridgehead atoms. The number of carbonyl (C=O) groups is 1. The lowest BCUT2D eigenvalue weighted by Gasteiger charge is -2.24. The summed E-state index contributed by atoms with van der Waals surface area (Å²) >= 11 is 0. The maximum atomic E-state index is 13.4. The minimum Gasteiger partial charge on any atom is -0.492 e. The zero-order valence-electron chi connectivity index (χ0n) is 22.2. The number of anilines is 3. The number of amides is 1. The predicted molar refractivity (Wildman–Crippen MR) is 146 cm³/mol. The third-order valence-electron chi connectivity index (χ3n) is 6.06. The average molecular weight is 538 g/mol. The highest BCUT2D eigenvalue weighted by Crippen LogP contribution is 2.39. The molecule has 38 heavy (non-hydrogen) atoms. The standard InChI is InChI=1S/C26H31N7O4S/c1-16-7-8-17(9-23(16)33-14-22(30-32-33)18-12-27-15-28-13-18)25(34)29-20-10-19(26(2,3)4)11-21(24(20)37-5)31-38(6,35)36/h7-13,15,22,31H,14H2,1-6H3,(H,29,34). The van der Waals surface area contributed by atoms with E-state index in [-0.39, 0.29) is 28.8 Å². The van der Waals surface area contributed by atoms with E-state index < -0.39 is 10.0 Å². The van der Waals surface area contributed by atoms with Crippen molar-refractivity contribution in [3.8, 4) is 5.75 Å². The first-order valence-corrected chi connectivity index (χ1v) is 13.8. The van der Waals surface area contributed by atoms with Gasteiger partial charge in [-0.15, -0.1) is 0 Å². The van der Waals surface area contributed by atoms with Crippen molar-refractivity contribution in [1.82, 2.24) is 9.97 Å². The Morgan fingerprint density at radius 1 is 1.11 bits per heavy atom. The van der Waals surface area contributed by atoms with Gasteiger partial charge in [-0.3, -0.25) is 9.52 Å². The number of sulfonamides is 1. The second-order valence-corrected chi connectivity index (χ2v) is 11.9. The van der Waals surface area contributed by atoms with Crippen LogP contribution < -0.4 is 19.8 Å². The Kier molecular flexibility index (Phi) is 7.36. The van der Waals surface area contributed by atoms with E-state index in [1.54, 1.807) is 41.7 Å². The summed E-state index contributed by atoms with van der Waals surface area (Å²) in [6, 6.07) is 8.62. The van der Waals surface area contributed by atoms with Crippen LogP contribution in [0, 0.1) is 6.92 Å². The summed E-state index contributed by atoms with van der Waals surface area (Å²) in [5.41, 5.74) is 4.02. The number of aromatic nitrogens is 2. The highest BCUT2D eigenvalue weighted by Gasteiger charge is 2.26. The molecule has 0 fully saturated rings. The van der Waals surface area contributed by atoms with E-state index in [9.17, 15) is 13.2 Å². The molecule has 12 heteroatoms. The van der Waals surface area contributed by atoms with Crippen LogP contribution in [-0.2, 0) is 15.4 Å². The van der Waals surface area contributed by atoms with Crippen molar-refractivity contribution in [2.45, 2.75) is 39.2 Å². The van der Waals surface area contributed by atoms with Gasteiger partial charge in [0.15, 0.2) is 5.75 Å². The summed E-state index contributed by atoms with van der Waals surface area (Å²) in [4.78, 5) is 21.5. The van der Waals surface area contributed by atoms with E-state index in [1.165, 1.54) is 13.4 Å². The summed E-state index contributed by atoms with van der Waals surface area (Å²) in [5, 5.41) is 13.3. The van der Waals surface area contributed by atoms with Crippen LogP contribution in [0.2, 0.25) is 0 Å². The van der Waals surface area contributed by atoms with Crippen molar-refractivity contribution >= 4 is 33.0 Å². The SMILES string of the molecule is COc1c(NC(=O)c2ccc(C)c(N3CC(c4cncnc4)N=N3)c2)cc(C(C)(C)C)cc1NS(C)(=O)=O. The molecule has 3 aromatic rings. The molecule has 1 amide bonds. The molecule has 0 saturated carbocycles. The summed E-state index contributed by atoms with van der Waals surface area (Å²) < 4.78 is 32.0. The fourth-order valence-corrected chi connectivity index (χ4v) is 4.59. The van der Waals surface area contributed by atoms with Gasteiger partial charge in [0.2, 0.25) is 10.0 Å². The van der Waals surface area contributed by atoms with Crippen molar-refractivity contribution in [3.63, 3.8) is 0 Å². The third-order valence-corrected chi connectivity index (χ3v) is 6.65. The molecule has 1 aromatic heterocycles. The van der Waals surface area contributed by atoms with Crippen molar-refractivity contribution in [1.29, 1.82) is 0 Å². The van der Waals surface area contributed by atoms with Gasteiger partial charge >= 0.3 is 0 Å². The molecule has 2 heterocycles. The molecule has 4 rings (SSSR count). The van der Waals surface area contributed by atoms with Gasteiger partial charge < -0.3 is 10.1 Å². The molecule has 1 aliphatic rings. The highest BCUT2D eigenvalue weighted by molar-refractivity contribution is 7.92. The number of nitrogens with zero attached hydrogens (tertiary/aromatic N) is 5. The van der Waals surface area contributed by atoms with E-state index in [1.807, 2.05) is 33.8 Å². The third kappa shape index (κ3) is 6.08. The molecule has 2 aromatic carbocycles. The largest absolute Gasteiger partial charge is 0.492 e. The van der Waals surface area contributed by atoms with Crippen LogP contribution in [0.5, 0.6) is 5.75 Å². The number of rotatable bonds is 7. The average Bonchev–Trinajstić information content (AvgIpc) is 3.33. The smallest absolute Gasteiger partial charge is 0.255 e. The van der Waals surface area contributed by atoms with Gasteiger partial charge in [0.1, 0.15) is 12.4 Å². The molecule has 11 nitrogen and oxygen atoms in total. The number of methoxy groups -OCH3 is 1. The number of aryl methyl sites for hydroxylation is 1. The first-order valence-electron chi connectivity index (χ1n) is 11.9. The summed E-state index contributed by atoms with van der Waals surface area (Å²) in [6.07, 6.45) is 5.95. The van der Waals surface area contributed by atoms with Crippen LogP contribution in [0.25, 0.3) is 0 Å². The lowest BCUT2D eigenvalue weighted by Crippen LogP contribution is -2.20. The van der Waals surface area contributed by atoms with E-state index in [2.05, 4.69) is 30.3 Å². The lowest BCUT2D eigenvalue weighted by atomic mass is 9.86. The van der Waals surface area contributed by atoms with Gasteiger partial charge in [-0.2, -0.15) is 5.11 Å². The monoisotopic (exact) mass is 537 g/mol. The van der Waals surface area contributed by atoms with Crippen LogP contribution in [-0.4, -0.2) is 44.2 Å². The normalized spacial score (nSPS) is 15.4. The van der Waals surface area contributed by atoms with Gasteiger partial charge in [0.25, 0.3) is 5.91 Å². The van der Waals surface area contributed by atoms with Crippen molar-refractivity contribution < 1.29 is 17.9 Å². The first-order chi connectivity index (χ1) is 17.9. The fraction of sp³-hybridized carbons (Fsp3) is 0.346. The van der Waals surface area contributed by atoms with Gasteiger partial charge in [-0.25, -0.2) is 23.4 Å². The summed E-state index contributed by atoms with van der Waals surface area (Å²) in [6.45, 7) is 8.41. The fourth-order valence-electron chi connectivity index (χ4n) is 4.04. The highest BCUT2D eigenvalue weighted by atomic mass is 32.2. The molecule has 200 valence electrons. The summed E-state index contributed by atoms with van der Waals surface area (Å²) in [7, 11) is -2.17. The summed E-state index contributed by atoms with van der Waals surface area (Å²) in [5.74, 6) is -0.171. The van der Waals surface area contributed by atoms with Gasteiger partial charge in [-0.1, -0.05) is 32.1 Å². The van der Waals surface area contributed by atoms with Gasteiger partial charge in [0.05, 0.1) is 37.0 Å². The van der Waals surface area contributed by atoms with E-state index in [0.717, 1.165) is 28.6 Å². The van der Waals surface area contributed by atoms with Crippen molar-refractivity contribution in [2.24, 2.45) is 10.3 Å². The van der Waals surface area contributed by atoms with E-state index >= 15 is 0 Å². The number of ether oxygens (including phenoxy) is 1. The second-order valence-electron chi connectivity index (χ2n) is 10.2. The molecule has 0 aliphatic carbocycles. The number of nitrogens with one attached hydrogen (secondary N) is 2. The second kappa shape index (κ2) is 10.4. The minimum absolute atomic E-state index is 0.210. The van der Waals surface area contributed by atoms with Crippen LogP contribution in [0.15, 0.2) is 59.4 Å².